The average molecular weight is 384 g/mol. The smallest absolute Gasteiger partial charge is 0.255 e. The number of piperidine rings is 1. The Morgan fingerprint density at radius 3 is 2.82 bits per heavy atom. The fourth-order valence-electron chi connectivity index (χ4n) is 5.18. The molecular formula is C20H24N4O4. The first kappa shape index (κ1) is 17.8. The lowest BCUT2D eigenvalue weighted by Gasteiger charge is -2.44. The van der Waals surface area contributed by atoms with Gasteiger partial charge in [0, 0.05) is 37.2 Å². The van der Waals surface area contributed by atoms with Crippen LogP contribution in [0.1, 0.15) is 47.2 Å². The predicted molar refractivity (Wildman–Crippen MR) is 99.0 cm³/mol. The highest BCUT2D eigenvalue weighted by Crippen LogP contribution is 2.51. The molecule has 1 aliphatic carbocycles. The third kappa shape index (κ3) is 2.59. The number of nitrogens with two attached hydrogens (primary N) is 1. The lowest BCUT2D eigenvalue weighted by molar-refractivity contribution is -0.136. The Labute approximate surface area is 162 Å². The van der Waals surface area contributed by atoms with Gasteiger partial charge in [0.1, 0.15) is 6.04 Å². The number of hydrogen-bond donors (Lipinski definition) is 3. The Hall–Kier alpha value is -2.29. The van der Waals surface area contributed by atoms with Crippen molar-refractivity contribution in [1.82, 2.24) is 15.5 Å². The van der Waals surface area contributed by atoms with Crippen molar-refractivity contribution < 1.29 is 19.1 Å². The summed E-state index contributed by atoms with van der Waals surface area (Å²) in [6.45, 7) is 2.16. The number of fused-ring (bicyclic) bond motifs is 2. The summed E-state index contributed by atoms with van der Waals surface area (Å²) >= 11 is 0. The number of benzene rings is 1. The third-order valence-corrected chi connectivity index (χ3v) is 6.64. The monoisotopic (exact) mass is 384 g/mol. The number of amides is 3. The first-order chi connectivity index (χ1) is 13.4. The van der Waals surface area contributed by atoms with Crippen LogP contribution in [-0.4, -0.2) is 53.0 Å². The predicted octanol–water partition coefficient (Wildman–Crippen LogP) is -0.202. The number of nitrogens with one attached hydrogen (secondary N) is 2. The molecule has 5 aliphatic rings. The maximum atomic E-state index is 13.1. The Kier molecular flexibility index (Phi) is 3.88. The zero-order valence-corrected chi connectivity index (χ0v) is 15.6. The number of hydrogen-bond acceptors (Lipinski definition) is 6. The minimum Gasteiger partial charge on any atom is -0.372 e. The van der Waals surface area contributed by atoms with Crippen LogP contribution in [0.25, 0.3) is 0 Å². The van der Waals surface area contributed by atoms with Gasteiger partial charge in [-0.15, -0.1) is 0 Å². The van der Waals surface area contributed by atoms with Gasteiger partial charge >= 0.3 is 0 Å². The van der Waals surface area contributed by atoms with E-state index in [2.05, 4.69) is 10.6 Å². The first-order valence-electron chi connectivity index (χ1n) is 9.79. The van der Waals surface area contributed by atoms with E-state index in [0.29, 0.717) is 38.2 Å². The molecule has 3 saturated heterocycles. The van der Waals surface area contributed by atoms with E-state index in [9.17, 15) is 14.4 Å². The van der Waals surface area contributed by atoms with Gasteiger partial charge in [0.2, 0.25) is 11.8 Å². The fraction of sp³-hybridized carbons (Fsp3) is 0.550. The molecule has 0 spiro atoms. The summed E-state index contributed by atoms with van der Waals surface area (Å²) in [4.78, 5) is 38.3. The lowest BCUT2D eigenvalue weighted by Crippen LogP contribution is -2.60. The van der Waals surface area contributed by atoms with Crippen LogP contribution < -0.4 is 16.4 Å². The molecule has 4 N–H and O–H groups in total. The fourth-order valence-corrected chi connectivity index (χ4v) is 5.18. The molecular weight excluding hydrogens is 360 g/mol. The van der Waals surface area contributed by atoms with E-state index in [0.717, 1.165) is 24.0 Å². The topological polar surface area (TPSA) is 114 Å². The Morgan fingerprint density at radius 2 is 2.11 bits per heavy atom. The van der Waals surface area contributed by atoms with Crippen LogP contribution in [-0.2, 0) is 27.4 Å². The highest BCUT2D eigenvalue weighted by Gasteiger charge is 2.61. The summed E-state index contributed by atoms with van der Waals surface area (Å²) in [5.74, 6) is -0.791. The summed E-state index contributed by atoms with van der Waals surface area (Å²) in [7, 11) is 0. The van der Waals surface area contributed by atoms with Crippen molar-refractivity contribution in [3.63, 3.8) is 0 Å². The summed E-state index contributed by atoms with van der Waals surface area (Å²) in [6.07, 6.45) is 2.44. The number of ether oxygens (including phenoxy) is 1. The van der Waals surface area contributed by atoms with Crippen molar-refractivity contribution in [2.45, 2.75) is 56.0 Å². The van der Waals surface area contributed by atoms with Crippen LogP contribution in [0.5, 0.6) is 0 Å². The first-order valence-corrected chi connectivity index (χ1v) is 9.79. The lowest BCUT2D eigenvalue weighted by atomic mass is 9.68. The van der Waals surface area contributed by atoms with Crippen LogP contribution in [0.3, 0.4) is 0 Å². The summed E-state index contributed by atoms with van der Waals surface area (Å²) in [6, 6.07) is 5.25. The molecule has 8 heteroatoms. The van der Waals surface area contributed by atoms with Crippen molar-refractivity contribution in [1.29, 1.82) is 0 Å². The molecule has 1 unspecified atom stereocenters. The standard InChI is InChI=1S/C20H24N4O4/c21-10-20-8-19(9-20,11-28-20)22-6-12-2-1-3-13-7-24(18(27)16(12)13)14-4-5-15(25)23-17(14)26/h1-3,14,22H,4-11,21H2,(H,23,25,26). The molecule has 1 atom stereocenters. The van der Waals surface area contributed by atoms with Crippen LogP contribution in [0, 0.1) is 0 Å². The largest absolute Gasteiger partial charge is 0.372 e. The number of carbonyl (C=O) groups is 3. The van der Waals surface area contributed by atoms with E-state index in [1.165, 1.54) is 0 Å². The van der Waals surface area contributed by atoms with Crippen molar-refractivity contribution in [2.24, 2.45) is 5.73 Å². The minimum absolute atomic E-state index is 0.0486. The van der Waals surface area contributed by atoms with E-state index in [4.69, 9.17) is 10.5 Å². The van der Waals surface area contributed by atoms with E-state index in [1.54, 1.807) is 4.90 Å². The van der Waals surface area contributed by atoms with Crippen LogP contribution in [0.15, 0.2) is 18.2 Å². The van der Waals surface area contributed by atoms with Gasteiger partial charge < -0.3 is 20.7 Å². The van der Waals surface area contributed by atoms with Gasteiger partial charge in [0.05, 0.1) is 12.2 Å². The van der Waals surface area contributed by atoms with Crippen LogP contribution in [0.4, 0.5) is 0 Å². The molecule has 1 aromatic rings. The average Bonchev–Trinajstić information content (AvgIpc) is 3.31. The molecule has 0 radical (unpaired) electrons. The second kappa shape index (κ2) is 6.10. The molecule has 4 aliphatic heterocycles. The number of carbonyl (C=O) groups excluding carboxylic acids is 3. The molecule has 8 nitrogen and oxygen atoms in total. The quantitative estimate of drug-likeness (QED) is 0.606. The molecule has 0 aromatic heterocycles. The maximum Gasteiger partial charge on any atom is 0.255 e. The highest BCUT2D eigenvalue weighted by atomic mass is 16.5. The summed E-state index contributed by atoms with van der Waals surface area (Å²) in [5.41, 5.74) is 8.15. The van der Waals surface area contributed by atoms with Gasteiger partial charge in [-0.3, -0.25) is 19.7 Å². The molecule has 148 valence electrons. The highest BCUT2D eigenvalue weighted by molar-refractivity contribution is 6.05. The molecule has 1 aromatic carbocycles. The van der Waals surface area contributed by atoms with Gasteiger partial charge in [-0.05, 0) is 30.4 Å². The molecule has 28 heavy (non-hydrogen) atoms. The minimum atomic E-state index is -0.586. The van der Waals surface area contributed by atoms with Crippen molar-refractivity contribution >= 4 is 17.7 Å². The second-order valence-corrected chi connectivity index (χ2v) is 8.51. The molecule has 4 heterocycles. The Morgan fingerprint density at radius 1 is 1.29 bits per heavy atom. The number of rotatable bonds is 5. The van der Waals surface area contributed by atoms with E-state index in [1.807, 2.05) is 18.2 Å². The van der Waals surface area contributed by atoms with Crippen molar-refractivity contribution in [3.05, 3.63) is 34.9 Å². The molecule has 1 saturated carbocycles. The molecule has 2 bridgehead atoms. The summed E-state index contributed by atoms with van der Waals surface area (Å²) in [5, 5.41) is 5.92. The van der Waals surface area contributed by atoms with Crippen molar-refractivity contribution in [2.75, 3.05) is 13.2 Å². The zero-order valence-electron chi connectivity index (χ0n) is 15.6. The molecule has 3 amide bonds. The van der Waals surface area contributed by atoms with Gasteiger partial charge in [-0.2, -0.15) is 0 Å². The van der Waals surface area contributed by atoms with Gasteiger partial charge in [0.15, 0.2) is 0 Å². The summed E-state index contributed by atoms with van der Waals surface area (Å²) < 4.78 is 5.85. The third-order valence-electron chi connectivity index (χ3n) is 6.64. The SMILES string of the molecule is NCC12CC(NCc3cccc4c3C(=O)N(C3CCC(=O)NC3=O)C4)(CO1)C2. The van der Waals surface area contributed by atoms with Gasteiger partial charge in [-0.1, -0.05) is 18.2 Å². The Balaban J connectivity index is 1.32. The van der Waals surface area contributed by atoms with Crippen molar-refractivity contribution in [3.8, 4) is 0 Å². The Bertz CT molecular complexity index is 877. The number of imide groups is 1. The van der Waals surface area contributed by atoms with Crippen LogP contribution >= 0.6 is 0 Å². The van der Waals surface area contributed by atoms with E-state index >= 15 is 0 Å². The van der Waals surface area contributed by atoms with Gasteiger partial charge in [-0.25, -0.2) is 0 Å². The number of nitrogens with zero attached hydrogens (tertiary/aromatic N) is 1. The maximum absolute atomic E-state index is 13.1. The normalized spacial score (nSPS) is 33.7. The molecule has 4 fully saturated rings. The molecule has 6 rings (SSSR count). The van der Waals surface area contributed by atoms with E-state index in [-0.39, 0.29) is 35.3 Å². The zero-order chi connectivity index (χ0) is 19.5. The second-order valence-electron chi connectivity index (χ2n) is 8.51. The van der Waals surface area contributed by atoms with E-state index < -0.39 is 6.04 Å². The van der Waals surface area contributed by atoms with Crippen LogP contribution in [0.2, 0.25) is 0 Å². The van der Waals surface area contributed by atoms with Gasteiger partial charge in [0.25, 0.3) is 5.91 Å².